The van der Waals surface area contributed by atoms with Gasteiger partial charge in [-0.05, 0) is 19.9 Å². The number of hydrogen-bond acceptors (Lipinski definition) is 3. The molecule has 0 spiro atoms. The van der Waals surface area contributed by atoms with Crippen molar-refractivity contribution >= 4 is 16.8 Å². The van der Waals surface area contributed by atoms with Gasteiger partial charge in [-0.3, -0.25) is 4.79 Å². The van der Waals surface area contributed by atoms with E-state index < -0.39 is 6.10 Å². The zero-order chi connectivity index (χ0) is 11.7. The van der Waals surface area contributed by atoms with E-state index in [1.807, 2.05) is 18.2 Å². The largest absolute Gasteiger partial charge is 0.389 e. The predicted molar refractivity (Wildman–Crippen MR) is 61.0 cm³/mol. The Hall–Kier alpha value is -1.68. The number of fused-ring (bicyclic) bond motifs is 1. The van der Waals surface area contributed by atoms with Crippen molar-refractivity contribution in [1.29, 1.82) is 0 Å². The molecule has 16 heavy (non-hydrogen) atoms. The summed E-state index contributed by atoms with van der Waals surface area (Å²) in [7, 11) is 0. The third-order valence-corrected chi connectivity index (χ3v) is 2.51. The first kappa shape index (κ1) is 10.8. The van der Waals surface area contributed by atoms with E-state index in [0.717, 1.165) is 16.6 Å². The van der Waals surface area contributed by atoms with E-state index in [4.69, 9.17) is 0 Å². The van der Waals surface area contributed by atoms with Crippen LogP contribution in [0.15, 0.2) is 24.5 Å². The van der Waals surface area contributed by atoms with Crippen LogP contribution < -0.4 is 0 Å². The lowest BCUT2D eigenvalue weighted by Crippen LogP contribution is -2.06. The second-order valence-electron chi connectivity index (χ2n) is 3.97. The van der Waals surface area contributed by atoms with Crippen LogP contribution in [0.1, 0.15) is 25.5 Å². The van der Waals surface area contributed by atoms with Crippen molar-refractivity contribution in [3.63, 3.8) is 0 Å². The Kier molecular flexibility index (Phi) is 2.75. The van der Waals surface area contributed by atoms with Gasteiger partial charge in [0.25, 0.3) is 0 Å². The zero-order valence-corrected chi connectivity index (χ0v) is 9.34. The first-order valence-electron chi connectivity index (χ1n) is 5.21. The summed E-state index contributed by atoms with van der Waals surface area (Å²) < 4.78 is 1.78. The van der Waals surface area contributed by atoms with Gasteiger partial charge in [-0.1, -0.05) is 12.1 Å². The number of hydrogen-bond donors (Lipinski definition) is 1. The molecule has 4 nitrogen and oxygen atoms in total. The highest BCUT2D eigenvalue weighted by atomic mass is 16.3. The van der Waals surface area contributed by atoms with Crippen LogP contribution >= 0.6 is 0 Å². The minimum absolute atomic E-state index is 0.0692. The topological polar surface area (TPSA) is 55.1 Å². The van der Waals surface area contributed by atoms with E-state index in [0.29, 0.717) is 6.54 Å². The monoisotopic (exact) mass is 218 g/mol. The van der Waals surface area contributed by atoms with E-state index in [1.165, 1.54) is 6.92 Å². The van der Waals surface area contributed by atoms with Crippen LogP contribution in [0.25, 0.3) is 11.0 Å². The van der Waals surface area contributed by atoms with Crippen molar-refractivity contribution in [3.05, 3.63) is 30.1 Å². The number of benzene rings is 1. The normalized spacial score (nSPS) is 12.9. The molecule has 0 amide bonds. The number of imidazole rings is 1. The molecular formula is C12H14N2O2. The molecule has 1 N–H and O–H groups in total. The molecule has 0 saturated heterocycles. The fraction of sp³-hybridized carbons (Fsp3) is 0.333. The van der Waals surface area contributed by atoms with Crippen molar-refractivity contribution in [2.75, 3.05) is 0 Å². The third kappa shape index (κ3) is 1.84. The van der Waals surface area contributed by atoms with Crippen LogP contribution in [0.3, 0.4) is 0 Å². The molecule has 0 fully saturated rings. The molecule has 1 unspecified atom stereocenters. The number of carbonyl (C=O) groups is 1. The fourth-order valence-electron chi connectivity index (χ4n) is 1.85. The summed E-state index contributed by atoms with van der Waals surface area (Å²) in [5.41, 5.74) is 2.45. The maximum atomic E-state index is 11.1. The predicted octanol–water partition coefficient (Wildman–Crippen LogP) is 1.68. The maximum Gasteiger partial charge on any atom is 0.149 e. The standard InChI is InChI=1S/C12H14N2O2/c1-8(15)6-14-7-13-11-5-3-4-10(9(2)16)12(11)14/h3-5,7,9,16H,6H2,1-2H3. The second kappa shape index (κ2) is 4.06. The summed E-state index contributed by atoms with van der Waals surface area (Å²) in [6.07, 6.45) is 1.07. The van der Waals surface area contributed by atoms with Gasteiger partial charge in [0.15, 0.2) is 0 Å². The number of carbonyl (C=O) groups excluding carboxylic acids is 1. The van der Waals surface area contributed by atoms with Gasteiger partial charge < -0.3 is 9.67 Å². The molecule has 0 aliphatic rings. The van der Waals surface area contributed by atoms with Gasteiger partial charge in [-0.2, -0.15) is 0 Å². The Balaban J connectivity index is 2.63. The van der Waals surface area contributed by atoms with Crippen molar-refractivity contribution < 1.29 is 9.90 Å². The van der Waals surface area contributed by atoms with E-state index in [9.17, 15) is 9.90 Å². The Labute approximate surface area is 93.5 Å². The minimum Gasteiger partial charge on any atom is -0.389 e. The summed E-state index contributed by atoms with van der Waals surface area (Å²) in [5, 5.41) is 9.67. The molecule has 0 bridgehead atoms. The molecule has 4 heteroatoms. The first-order valence-corrected chi connectivity index (χ1v) is 5.21. The van der Waals surface area contributed by atoms with Crippen LogP contribution in [-0.4, -0.2) is 20.4 Å². The summed E-state index contributed by atoms with van der Waals surface area (Å²) >= 11 is 0. The number of aromatic nitrogens is 2. The molecule has 0 aliphatic heterocycles. The zero-order valence-electron chi connectivity index (χ0n) is 9.34. The van der Waals surface area contributed by atoms with Crippen LogP contribution in [0, 0.1) is 0 Å². The number of aliphatic hydroxyl groups is 1. The maximum absolute atomic E-state index is 11.1. The Morgan fingerprint density at radius 1 is 1.56 bits per heavy atom. The fourth-order valence-corrected chi connectivity index (χ4v) is 1.85. The molecule has 1 heterocycles. The lowest BCUT2D eigenvalue weighted by Gasteiger charge is -2.09. The van der Waals surface area contributed by atoms with Gasteiger partial charge in [0.05, 0.1) is 30.0 Å². The van der Waals surface area contributed by atoms with E-state index in [-0.39, 0.29) is 5.78 Å². The molecule has 84 valence electrons. The smallest absolute Gasteiger partial charge is 0.149 e. The number of rotatable bonds is 3. The molecule has 0 aliphatic carbocycles. The Morgan fingerprint density at radius 3 is 2.94 bits per heavy atom. The average molecular weight is 218 g/mol. The number of nitrogens with zero attached hydrogens (tertiary/aromatic N) is 2. The minimum atomic E-state index is -0.564. The highest BCUT2D eigenvalue weighted by Gasteiger charge is 2.12. The summed E-state index contributed by atoms with van der Waals surface area (Å²) in [6, 6.07) is 5.58. The lowest BCUT2D eigenvalue weighted by atomic mass is 10.1. The highest BCUT2D eigenvalue weighted by molar-refractivity contribution is 5.82. The van der Waals surface area contributed by atoms with Crippen molar-refractivity contribution in [1.82, 2.24) is 9.55 Å². The molecule has 1 aromatic carbocycles. The van der Waals surface area contributed by atoms with Gasteiger partial charge in [0.2, 0.25) is 0 Å². The Bertz CT molecular complexity index is 529. The number of ketones is 1. The van der Waals surface area contributed by atoms with Crippen LogP contribution in [0.4, 0.5) is 0 Å². The lowest BCUT2D eigenvalue weighted by molar-refractivity contribution is -0.117. The average Bonchev–Trinajstić information content (AvgIpc) is 2.60. The Morgan fingerprint density at radius 2 is 2.31 bits per heavy atom. The van der Waals surface area contributed by atoms with Gasteiger partial charge >= 0.3 is 0 Å². The third-order valence-electron chi connectivity index (χ3n) is 2.51. The van der Waals surface area contributed by atoms with Crippen molar-refractivity contribution in [2.24, 2.45) is 0 Å². The van der Waals surface area contributed by atoms with E-state index in [2.05, 4.69) is 4.98 Å². The summed E-state index contributed by atoms with van der Waals surface area (Å²) in [5.74, 6) is 0.0692. The van der Waals surface area contributed by atoms with Gasteiger partial charge in [-0.15, -0.1) is 0 Å². The van der Waals surface area contributed by atoms with Crippen molar-refractivity contribution in [2.45, 2.75) is 26.5 Å². The van der Waals surface area contributed by atoms with E-state index in [1.54, 1.807) is 17.8 Å². The summed E-state index contributed by atoms with van der Waals surface area (Å²) in [4.78, 5) is 15.3. The van der Waals surface area contributed by atoms with Gasteiger partial charge in [-0.25, -0.2) is 4.98 Å². The molecular weight excluding hydrogens is 204 g/mol. The van der Waals surface area contributed by atoms with Crippen LogP contribution in [0.5, 0.6) is 0 Å². The van der Waals surface area contributed by atoms with Gasteiger partial charge in [0.1, 0.15) is 5.78 Å². The molecule has 0 radical (unpaired) electrons. The quantitative estimate of drug-likeness (QED) is 0.852. The molecule has 2 aromatic rings. The van der Waals surface area contributed by atoms with Crippen LogP contribution in [-0.2, 0) is 11.3 Å². The molecule has 2 rings (SSSR count). The number of para-hydroxylation sites is 1. The number of aliphatic hydroxyl groups excluding tert-OH is 1. The van der Waals surface area contributed by atoms with E-state index >= 15 is 0 Å². The van der Waals surface area contributed by atoms with Gasteiger partial charge in [0, 0.05) is 5.56 Å². The second-order valence-corrected chi connectivity index (χ2v) is 3.97. The molecule has 0 saturated carbocycles. The molecule has 1 aromatic heterocycles. The molecule has 1 atom stereocenters. The highest BCUT2D eigenvalue weighted by Crippen LogP contribution is 2.23. The SMILES string of the molecule is CC(=O)Cn1cnc2cccc(C(C)O)c21. The summed E-state index contributed by atoms with van der Waals surface area (Å²) in [6.45, 7) is 3.54. The first-order chi connectivity index (χ1) is 7.59. The number of Topliss-reactive ketones (excluding diaryl/α,β-unsaturated/α-hetero) is 1. The van der Waals surface area contributed by atoms with Crippen molar-refractivity contribution in [3.8, 4) is 0 Å². The van der Waals surface area contributed by atoms with Crippen LogP contribution in [0.2, 0.25) is 0 Å².